The zero-order valence-electron chi connectivity index (χ0n) is 9.30. The molecule has 2 nitrogen and oxygen atoms in total. The van der Waals surface area contributed by atoms with Gasteiger partial charge in [-0.3, -0.25) is 0 Å². The van der Waals surface area contributed by atoms with Gasteiger partial charge < -0.3 is 4.90 Å². The number of anilines is 2. The van der Waals surface area contributed by atoms with E-state index in [1.54, 1.807) is 6.07 Å². The molecule has 0 spiro atoms. The van der Waals surface area contributed by atoms with Gasteiger partial charge in [0.05, 0.1) is 0 Å². The molecule has 0 aliphatic carbocycles. The summed E-state index contributed by atoms with van der Waals surface area (Å²) in [7, 11) is 0. The molecule has 0 N–H and O–H groups in total. The van der Waals surface area contributed by atoms with Crippen LogP contribution in [-0.4, -0.2) is 11.5 Å². The van der Waals surface area contributed by atoms with Crippen molar-refractivity contribution >= 4 is 11.5 Å². The van der Waals surface area contributed by atoms with Crippen LogP contribution in [0.5, 0.6) is 0 Å². The van der Waals surface area contributed by atoms with Crippen LogP contribution >= 0.6 is 0 Å². The van der Waals surface area contributed by atoms with Gasteiger partial charge in [0, 0.05) is 24.8 Å². The second kappa shape index (κ2) is 4.79. The number of nitrogens with zero attached hydrogens (tertiary/aromatic N) is 2. The van der Waals surface area contributed by atoms with Crippen molar-refractivity contribution in [1.82, 2.24) is 4.98 Å². The highest BCUT2D eigenvalue weighted by atomic mass is 15.2. The van der Waals surface area contributed by atoms with Crippen LogP contribution in [0.1, 0.15) is 12.6 Å². The van der Waals surface area contributed by atoms with E-state index in [1.165, 1.54) is 0 Å². The van der Waals surface area contributed by atoms with E-state index >= 15 is 0 Å². The summed E-state index contributed by atoms with van der Waals surface area (Å²) < 4.78 is 0. The minimum atomic E-state index is 0.548. The zero-order chi connectivity index (χ0) is 11.4. The smallest absolute Gasteiger partial charge is 0.133 e. The molecule has 0 bridgehead atoms. The highest BCUT2D eigenvalue weighted by molar-refractivity contribution is 5.59. The Kier molecular flexibility index (Phi) is 3.20. The van der Waals surface area contributed by atoms with Crippen LogP contribution < -0.4 is 4.90 Å². The Labute approximate surface area is 96.6 Å². The van der Waals surface area contributed by atoms with Crippen molar-refractivity contribution in [2.75, 3.05) is 11.4 Å². The Hall–Kier alpha value is -1.83. The van der Waals surface area contributed by atoms with Gasteiger partial charge in [-0.2, -0.15) is 0 Å². The third-order valence-corrected chi connectivity index (χ3v) is 2.42. The fraction of sp³-hybridized carbons (Fsp3) is 0.143. The second-order valence-electron chi connectivity index (χ2n) is 3.50. The quantitative estimate of drug-likeness (QED) is 0.772. The van der Waals surface area contributed by atoms with Gasteiger partial charge in [0.1, 0.15) is 5.82 Å². The van der Waals surface area contributed by atoms with Crippen LogP contribution in [0.15, 0.2) is 48.5 Å². The normalized spacial score (nSPS) is 10.1. The molecule has 1 heterocycles. The van der Waals surface area contributed by atoms with Crippen molar-refractivity contribution in [3.8, 4) is 0 Å². The number of hydrogen-bond donors (Lipinski definition) is 0. The molecule has 2 radical (unpaired) electrons. The standard InChI is InChI=1S/C14H14N2/c1-3-16(13-9-5-4-6-10-13)14-11-7-8-12(2)15-14/h2,4-11H,3H2,1H3. The van der Waals surface area contributed by atoms with E-state index in [9.17, 15) is 0 Å². The second-order valence-corrected chi connectivity index (χ2v) is 3.50. The first-order valence-electron chi connectivity index (χ1n) is 5.36. The number of aromatic nitrogens is 1. The molecule has 0 aliphatic heterocycles. The molecule has 0 unspecified atom stereocenters. The molecule has 0 fully saturated rings. The molecule has 16 heavy (non-hydrogen) atoms. The maximum absolute atomic E-state index is 5.69. The van der Waals surface area contributed by atoms with Crippen LogP contribution in [-0.2, 0) is 0 Å². The monoisotopic (exact) mass is 210 g/mol. The zero-order valence-corrected chi connectivity index (χ0v) is 9.30. The predicted octanol–water partition coefficient (Wildman–Crippen LogP) is 3.30. The molecule has 1 aromatic carbocycles. The van der Waals surface area contributed by atoms with Gasteiger partial charge in [0.15, 0.2) is 0 Å². The summed E-state index contributed by atoms with van der Waals surface area (Å²) in [6.45, 7) is 8.65. The van der Waals surface area contributed by atoms with Crippen molar-refractivity contribution in [3.63, 3.8) is 0 Å². The molecule has 1 aromatic heterocycles. The number of para-hydroxylation sites is 1. The van der Waals surface area contributed by atoms with Crippen molar-refractivity contribution in [2.45, 2.75) is 6.92 Å². The third kappa shape index (κ3) is 2.22. The summed E-state index contributed by atoms with van der Waals surface area (Å²) in [5, 5.41) is 0. The van der Waals surface area contributed by atoms with Crippen molar-refractivity contribution in [3.05, 3.63) is 61.1 Å². The van der Waals surface area contributed by atoms with Gasteiger partial charge in [-0.15, -0.1) is 0 Å². The molecule has 0 saturated carbocycles. The van der Waals surface area contributed by atoms with Gasteiger partial charge in [-0.05, 0) is 31.2 Å². The third-order valence-electron chi connectivity index (χ3n) is 2.42. The SMILES string of the molecule is [CH]c1cccc(N(CC)c2ccccc2)n1. The maximum atomic E-state index is 5.69. The van der Waals surface area contributed by atoms with E-state index in [0.717, 1.165) is 18.1 Å². The van der Waals surface area contributed by atoms with Crippen LogP contribution in [0.25, 0.3) is 0 Å². The van der Waals surface area contributed by atoms with E-state index in [2.05, 4.69) is 28.9 Å². The van der Waals surface area contributed by atoms with Gasteiger partial charge in [0.2, 0.25) is 0 Å². The largest absolute Gasteiger partial charge is 0.327 e. The summed E-state index contributed by atoms with van der Waals surface area (Å²) in [5.41, 5.74) is 1.68. The lowest BCUT2D eigenvalue weighted by molar-refractivity contribution is 0.985. The molecular formula is C14H14N2. The summed E-state index contributed by atoms with van der Waals surface area (Å²) in [4.78, 5) is 6.45. The van der Waals surface area contributed by atoms with Crippen LogP contribution in [0.2, 0.25) is 0 Å². The topological polar surface area (TPSA) is 16.1 Å². The summed E-state index contributed by atoms with van der Waals surface area (Å²) >= 11 is 0. The molecule has 80 valence electrons. The number of benzene rings is 1. The molecule has 0 aliphatic rings. The molecule has 2 aromatic rings. The maximum Gasteiger partial charge on any atom is 0.133 e. The van der Waals surface area contributed by atoms with Crippen molar-refractivity contribution < 1.29 is 0 Å². The number of rotatable bonds is 3. The van der Waals surface area contributed by atoms with Gasteiger partial charge >= 0.3 is 0 Å². The van der Waals surface area contributed by atoms with Crippen molar-refractivity contribution in [2.24, 2.45) is 0 Å². The highest BCUT2D eigenvalue weighted by Crippen LogP contribution is 2.22. The number of pyridine rings is 1. The fourth-order valence-electron chi connectivity index (χ4n) is 1.67. The summed E-state index contributed by atoms with van der Waals surface area (Å²) in [6.07, 6.45) is 0. The minimum absolute atomic E-state index is 0.548. The Bertz CT molecular complexity index is 451. The molecule has 0 atom stereocenters. The molecule has 2 rings (SSSR count). The summed E-state index contributed by atoms with van der Waals surface area (Å²) in [5.74, 6) is 0.883. The summed E-state index contributed by atoms with van der Waals surface area (Å²) in [6, 6.07) is 15.8. The van der Waals surface area contributed by atoms with E-state index < -0.39 is 0 Å². The molecule has 0 amide bonds. The van der Waals surface area contributed by atoms with E-state index in [-0.39, 0.29) is 0 Å². The van der Waals surface area contributed by atoms with Gasteiger partial charge in [-0.1, -0.05) is 24.3 Å². The molecule has 0 saturated heterocycles. The minimum Gasteiger partial charge on any atom is -0.327 e. The van der Waals surface area contributed by atoms with E-state index in [4.69, 9.17) is 6.92 Å². The van der Waals surface area contributed by atoms with Crippen molar-refractivity contribution in [1.29, 1.82) is 0 Å². The lowest BCUT2D eigenvalue weighted by Gasteiger charge is -2.22. The lowest BCUT2D eigenvalue weighted by Crippen LogP contribution is -2.17. The Morgan fingerprint density at radius 3 is 2.44 bits per heavy atom. The molecular weight excluding hydrogens is 196 g/mol. The highest BCUT2D eigenvalue weighted by Gasteiger charge is 2.07. The van der Waals surface area contributed by atoms with Crippen LogP contribution in [0, 0.1) is 6.92 Å². The van der Waals surface area contributed by atoms with Gasteiger partial charge in [-0.25, -0.2) is 4.98 Å². The van der Waals surface area contributed by atoms with Crippen LogP contribution in [0.3, 0.4) is 0 Å². The van der Waals surface area contributed by atoms with Crippen LogP contribution in [0.4, 0.5) is 11.5 Å². The Balaban J connectivity index is 2.37. The average Bonchev–Trinajstić information content (AvgIpc) is 2.31. The lowest BCUT2D eigenvalue weighted by atomic mass is 10.2. The Morgan fingerprint density at radius 2 is 1.81 bits per heavy atom. The first-order chi connectivity index (χ1) is 7.81. The first kappa shape index (κ1) is 10.7. The van der Waals surface area contributed by atoms with E-state index in [1.807, 2.05) is 30.3 Å². The fourth-order valence-corrected chi connectivity index (χ4v) is 1.67. The number of hydrogen-bond acceptors (Lipinski definition) is 2. The first-order valence-corrected chi connectivity index (χ1v) is 5.36. The average molecular weight is 210 g/mol. The van der Waals surface area contributed by atoms with Gasteiger partial charge in [0.25, 0.3) is 0 Å². The molecule has 2 heteroatoms. The Morgan fingerprint density at radius 1 is 1.06 bits per heavy atom. The predicted molar refractivity (Wildman–Crippen MR) is 66.8 cm³/mol. The van der Waals surface area contributed by atoms with E-state index in [0.29, 0.717) is 5.69 Å².